The number of hydrogen-bond donors (Lipinski definition) is 0. The van der Waals surface area contributed by atoms with Gasteiger partial charge in [0, 0.05) is 0 Å². The largest absolute Gasteiger partial charge is 0.202 e. The van der Waals surface area contributed by atoms with E-state index in [-0.39, 0.29) is 0 Å². The van der Waals surface area contributed by atoms with Crippen molar-refractivity contribution in [3.63, 3.8) is 0 Å². The zero-order valence-corrected chi connectivity index (χ0v) is 8.79. The number of rotatable bonds is 6. The predicted octanol–water partition coefficient (Wildman–Crippen LogP) is 2.80. The van der Waals surface area contributed by atoms with Crippen molar-refractivity contribution in [3.05, 3.63) is 23.3 Å². The summed E-state index contributed by atoms with van der Waals surface area (Å²) in [4.78, 5) is 9.40. The normalized spacial score (nSPS) is 9.54. The Morgan fingerprint density at radius 2 is 1.23 bits per heavy atom. The molecule has 0 aromatic heterocycles. The van der Waals surface area contributed by atoms with E-state index >= 15 is 0 Å². The van der Waals surface area contributed by atoms with Crippen LogP contribution in [0.5, 0.6) is 0 Å². The molecular formula is C10H18O3. The molecule has 0 saturated heterocycles. The third-order valence-corrected chi connectivity index (χ3v) is 1.22. The highest BCUT2D eigenvalue weighted by molar-refractivity contribution is 4.92. The van der Waals surface area contributed by atoms with Crippen molar-refractivity contribution in [2.45, 2.75) is 27.7 Å². The molecule has 0 amide bonds. The lowest BCUT2D eigenvalue weighted by molar-refractivity contribution is -0.505. The Kier molecular flexibility index (Phi) is 7.59. The van der Waals surface area contributed by atoms with Crippen LogP contribution in [0.4, 0.5) is 0 Å². The van der Waals surface area contributed by atoms with Gasteiger partial charge in [-0.05, 0) is 27.7 Å². The smallest absolute Gasteiger partial charge is 0.104 e. The van der Waals surface area contributed by atoms with Gasteiger partial charge in [0.2, 0.25) is 0 Å². The van der Waals surface area contributed by atoms with E-state index in [4.69, 9.17) is 9.78 Å². The van der Waals surface area contributed by atoms with Gasteiger partial charge in [0.25, 0.3) is 0 Å². The van der Waals surface area contributed by atoms with Crippen LogP contribution in [0, 0.1) is 0 Å². The van der Waals surface area contributed by atoms with E-state index in [1.54, 1.807) is 0 Å². The summed E-state index contributed by atoms with van der Waals surface area (Å²) in [5.74, 6) is 0. The quantitative estimate of drug-likeness (QED) is 0.276. The Balaban J connectivity index is 3.18. The van der Waals surface area contributed by atoms with Crippen molar-refractivity contribution in [1.29, 1.82) is 0 Å². The molecule has 0 saturated carbocycles. The Labute approximate surface area is 79.8 Å². The summed E-state index contributed by atoms with van der Waals surface area (Å²) in [6.07, 6.45) is 3.81. The fourth-order valence-electron chi connectivity index (χ4n) is 0.491. The lowest BCUT2D eigenvalue weighted by atomic mass is 10.3. The van der Waals surface area contributed by atoms with Gasteiger partial charge in [-0.25, -0.2) is 9.78 Å². The second-order valence-corrected chi connectivity index (χ2v) is 3.20. The summed E-state index contributed by atoms with van der Waals surface area (Å²) >= 11 is 0. The third kappa shape index (κ3) is 11.4. The first-order valence-electron chi connectivity index (χ1n) is 4.30. The third-order valence-electron chi connectivity index (χ3n) is 1.22. The van der Waals surface area contributed by atoms with Crippen LogP contribution < -0.4 is 0 Å². The van der Waals surface area contributed by atoms with Crippen LogP contribution in [-0.4, -0.2) is 13.2 Å². The van der Waals surface area contributed by atoms with E-state index in [1.807, 2.05) is 39.8 Å². The van der Waals surface area contributed by atoms with Gasteiger partial charge in [-0.15, -0.1) is 0 Å². The highest BCUT2D eigenvalue weighted by atomic mass is 17.5. The maximum Gasteiger partial charge on any atom is 0.104 e. The summed E-state index contributed by atoms with van der Waals surface area (Å²) < 4.78 is 0. The molecule has 0 atom stereocenters. The molecule has 3 nitrogen and oxygen atoms in total. The highest BCUT2D eigenvalue weighted by Gasteiger charge is 1.86. The number of allylic oxidation sites excluding steroid dienone is 2. The Morgan fingerprint density at radius 1 is 0.846 bits per heavy atom. The van der Waals surface area contributed by atoms with Gasteiger partial charge in [0.1, 0.15) is 13.2 Å². The molecule has 0 bridgehead atoms. The van der Waals surface area contributed by atoms with Crippen LogP contribution in [0.1, 0.15) is 27.7 Å². The topological polar surface area (TPSA) is 27.7 Å². The average Bonchev–Trinajstić information content (AvgIpc) is 2.01. The van der Waals surface area contributed by atoms with Crippen molar-refractivity contribution < 1.29 is 14.8 Å². The van der Waals surface area contributed by atoms with Crippen molar-refractivity contribution >= 4 is 0 Å². The van der Waals surface area contributed by atoms with Gasteiger partial charge in [-0.1, -0.05) is 28.3 Å². The van der Waals surface area contributed by atoms with E-state index < -0.39 is 0 Å². The van der Waals surface area contributed by atoms with Gasteiger partial charge in [0.15, 0.2) is 0 Å². The van der Waals surface area contributed by atoms with Crippen molar-refractivity contribution in [2.24, 2.45) is 0 Å². The molecular weight excluding hydrogens is 168 g/mol. The molecule has 0 aliphatic rings. The zero-order valence-electron chi connectivity index (χ0n) is 8.79. The fourth-order valence-corrected chi connectivity index (χ4v) is 0.491. The molecule has 0 aliphatic carbocycles. The molecule has 3 heteroatoms. The SMILES string of the molecule is CC(C)=CCOOOCC=C(C)C. The van der Waals surface area contributed by atoms with Gasteiger partial charge >= 0.3 is 0 Å². The molecule has 0 aliphatic heterocycles. The van der Waals surface area contributed by atoms with E-state index in [9.17, 15) is 0 Å². The van der Waals surface area contributed by atoms with E-state index in [0.717, 1.165) is 0 Å². The molecule has 0 spiro atoms. The maximum absolute atomic E-state index is 4.70. The van der Waals surface area contributed by atoms with Gasteiger partial charge in [-0.2, -0.15) is 0 Å². The summed E-state index contributed by atoms with van der Waals surface area (Å²) in [5.41, 5.74) is 2.38. The minimum atomic E-state index is 0.414. The highest BCUT2D eigenvalue weighted by Crippen LogP contribution is 1.91. The molecule has 0 aromatic carbocycles. The molecule has 13 heavy (non-hydrogen) atoms. The second-order valence-electron chi connectivity index (χ2n) is 3.20. The predicted molar refractivity (Wildman–Crippen MR) is 51.9 cm³/mol. The molecule has 76 valence electrons. The molecule has 0 fully saturated rings. The summed E-state index contributed by atoms with van der Waals surface area (Å²) in [6.45, 7) is 8.80. The monoisotopic (exact) mass is 186 g/mol. The van der Waals surface area contributed by atoms with Gasteiger partial charge in [-0.3, -0.25) is 0 Å². The Bertz CT molecular complexity index is 155. The Hall–Kier alpha value is -0.640. The first-order valence-corrected chi connectivity index (χ1v) is 4.30. The van der Waals surface area contributed by atoms with Crippen LogP contribution in [0.2, 0.25) is 0 Å². The van der Waals surface area contributed by atoms with Crippen LogP contribution >= 0.6 is 0 Å². The van der Waals surface area contributed by atoms with Crippen LogP contribution in [0.25, 0.3) is 0 Å². The number of hydrogen-bond acceptors (Lipinski definition) is 3. The lowest BCUT2D eigenvalue weighted by Gasteiger charge is -1.98. The molecule has 0 unspecified atom stereocenters. The maximum atomic E-state index is 4.70. The van der Waals surface area contributed by atoms with Crippen molar-refractivity contribution in [3.8, 4) is 0 Å². The van der Waals surface area contributed by atoms with Crippen molar-refractivity contribution in [1.82, 2.24) is 0 Å². The van der Waals surface area contributed by atoms with Gasteiger partial charge < -0.3 is 0 Å². The zero-order chi connectivity index (χ0) is 10.1. The summed E-state index contributed by atoms with van der Waals surface area (Å²) in [6, 6.07) is 0. The minimum absolute atomic E-state index is 0.414. The summed E-state index contributed by atoms with van der Waals surface area (Å²) in [7, 11) is 0. The lowest BCUT2D eigenvalue weighted by Crippen LogP contribution is -1.97. The van der Waals surface area contributed by atoms with Gasteiger partial charge in [0.05, 0.1) is 0 Å². The van der Waals surface area contributed by atoms with Crippen molar-refractivity contribution in [2.75, 3.05) is 13.2 Å². The van der Waals surface area contributed by atoms with E-state index in [2.05, 4.69) is 5.04 Å². The van der Waals surface area contributed by atoms with Crippen LogP contribution in [0.15, 0.2) is 23.3 Å². The molecule has 0 N–H and O–H groups in total. The van der Waals surface area contributed by atoms with E-state index in [1.165, 1.54) is 11.1 Å². The van der Waals surface area contributed by atoms with E-state index in [0.29, 0.717) is 13.2 Å². The molecule has 0 rings (SSSR count). The first kappa shape index (κ1) is 12.4. The average molecular weight is 186 g/mol. The standard InChI is InChI=1S/C10H18O3/c1-9(2)5-7-11-13-12-8-6-10(3)4/h5-6H,7-8H2,1-4H3. The molecule has 0 heterocycles. The Morgan fingerprint density at radius 3 is 1.54 bits per heavy atom. The second kappa shape index (κ2) is 7.98. The summed E-state index contributed by atoms with van der Waals surface area (Å²) in [5, 5.41) is 4.45. The van der Waals surface area contributed by atoms with Crippen LogP contribution in [0.3, 0.4) is 0 Å². The molecule has 0 aromatic rings. The van der Waals surface area contributed by atoms with Crippen LogP contribution in [-0.2, 0) is 14.8 Å². The minimum Gasteiger partial charge on any atom is -0.202 e. The molecule has 0 radical (unpaired) electrons. The first-order chi connectivity index (χ1) is 6.13. The fraction of sp³-hybridized carbons (Fsp3) is 0.600.